The Bertz CT molecular complexity index is 817. The van der Waals surface area contributed by atoms with Gasteiger partial charge in [0.05, 0.1) is 10.8 Å². The third-order valence-electron chi connectivity index (χ3n) is 4.75. The number of amides is 1. The number of nitrogens with zero attached hydrogens (tertiary/aromatic N) is 2. The molecule has 3 rings (SSSR count). The summed E-state index contributed by atoms with van der Waals surface area (Å²) in [5.41, 5.74) is 0. The maximum atomic E-state index is 12.2. The number of aromatic nitrogens is 2. The van der Waals surface area contributed by atoms with E-state index < -0.39 is 6.10 Å². The standard InChI is InChI=1S/C19H23Cl2N3O3S/c1-11-5-3-4-6-15(11)22-17(25)10-28-19-24-23-18(27-19)12(2)26-16-8-7-13(20)9-14(16)21/h7-9,11-12,15H,3-6,10H2,1-2H3,(H,22,25)/t11-,12+,15-/m1/s1. The highest BCUT2D eigenvalue weighted by Crippen LogP contribution is 2.31. The van der Waals surface area contributed by atoms with E-state index in [1.54, 1.807) is 25.1 Å². The molecule has 9 heteroatoms. The van der Waals surface area contributed by atoms with E-state index in [1.807, 2.05) is 0 Å². The van der Waals surface area contributed by atoms with E-state index in [2.05, 4.69) is 22.4 Å². The largest absolute Gasteiger partial charge is 0.479 e. The predicted molar refractivity (Wildman–Crippen MR) is 110 cm³/mol. The van der Waals surface area contributed by atoms with Crippen LogP contribution < -0.4 is 10.1 Å². The molecule has 1 heterocycles. The maximum Gasteiger partial charge on any atom is 0.277 e. The van der Waals surface area contributed by atoms with E-state index in [9.17, 15) is 4.79 Å². The Labute approximate surface area is 178 Å². The van der Waals surface area contributed by atoms with E-state index >= 15 is 0 Å². The Morgan fingerprint density at radius 1 is 1.36 bits per heavy atom. The van der Waals surface area contributed by atoms with Crippen molar-refractivity contribution in [2.75, 3.05) is 5.75 Å². The number of benzene rings is 1. The van der Waals surface area contributed by atoms with E-state index in [1.165, 1.54) is 31.0 Å². The summed E-state index contributed by atoms with van der Waals surface area (Å²) in [5.74, 6) is 1.54. The molecule has 152 valence electrons. The number of hydrogen-bond donors (Lipinski definition) is 1. The third kappa shape index (κ3) is 5.78. The Morgan fingerprint density at radius 2 is 2.14 bits per heavy atom. The molecule has 1 aromatic carbocycles. The average Bonchev–Trinajstić information content (AvgIpc) is 3.13. The molecule has 1 fully saturated rings. The molecule has 3 atom stereocenters. The zero-order valence-electron chi connectivity index (χ0n) is 15.8. The second-order valence-corrected chi connectivity index (χ2v) is 8.74. The molecule has 1 aliphatic rings. The fourth-order valence-electron chi connectivity index (χ4n) is 3.16. The normalized spacial score (nSPS) is 20.6. The first-order chi connectivity index (χ1) is 13.4. The molecular formula is C19H23Cl2N3O3S. The second-order valence-electron chi connectivity index (χ2n) is 6.97. The lowest BCUT2D eigenvalue weighted by molar-refractivity contribution is -0.119. The molecule has 0 unspecified atom stereocenters. The Balaban J connectivity index is 1.50. The van der Waals surface area contributed by atoms with E-state index in [4.69, 9.17) is 32.4 Å². The second kappa shape index (κ2) is 9.85. The first kappa shape index (κ1) is 21.3. The van der Waals surface area contributed by atoms with Gasteiger partial charge >= 0.3 is 0 Å². The van der Waals surface area contributed by atoms with Crippen LogP contribution in [0, 0.1) is 5.92 Å². The van der Waals surface area contributed by atoms with Crippen LogP contribution in [-0.2, 0) is 4.79 Å². The van der Waals surface area contributed by atoms with Crippen LogP contribution in [0.2, 0.25) is 10.0 Å². The van der Waals surface area contributed by atoms with Gasteiger partial charge in [0.15, 0.2) is 6.10 Å². The third-order valence-corrected chi connectivity index (χ3v) is 6.10. The summed E-state index contributed by atoms with van der Waals surface area (Å²) in [5, 5.41) is 12.4. The van der Waals surface area contributed by atoms with E-state index in [0.717, 1.165) is 6.42 Å². The van der Waals surface area contributed by atoms with Crippen molar-refractivity contribution in [1.29, 1.82) is 0 Å². The summed E-state index contributed by atoms with van der Waals surface area (Å²) in [6, 6.07) is 5.24. The number of nitrogens with one attached hydrogen (secondary N) is 1. The van der Waals surface area contributed by atoms with Crippen molar-refractivity contribution >= 4 is 40.9 Å². The zero-order chi connectivity index (χ0) is 20.1. The van der Waals surface area contributed by atoms with Crippen molar-refractivity contribution in [1.82, 2.24) is 15.5 Å². The van der Waals surface area contributed by atoms with Crippen LogP contribution in [-0.4, -0.2) is 27.9 Å². The molecule has 0 aliphatic heterocycles. The lowest BCUT2D eigenvalue weighted by Gasteiger charge is -2.29. The quantitative estimate of drug-likeness (QED) is 0.584. The molecule has 1 amide bonds. The lowest BCUT2D eigenvalue weighted by Crippen LogP contribution is -2.41. The predicted octanol–water partition coefficient (Wildman–Crippen LogP) is 5.30. The van der Waals surface area contributed by atoms with Gasteiger partial charge in [0.1, 0.15) is 5.75 Å². The van der Waals surface area contributed by atoms with Gasteiger partial charge in [-0.3, -0.25) is 4.79 Å². The van der Waals surface area contributed by atoms with Gasteiger partial charge < -0.3 is 14.5 Å². The molecule has 0 saturated heterocycles. The maximum absolute atomic E-state index is 12.2. The van der Waals surface area contributed by atoms with Crippen molar-refractivity contribution in [2.24, 2.45) is 5.92 Å². The highest BCUT2D eigenvalue weighted by Gasteiger charge is 2.23. The highest BCUT2D eigenvalue weighted by atomic mass is 35.5. The van der Waals surface area contributed by atoms with Gasteiger partial charge in [0.2, 0.25) is 5.91 Å². The van der Waals surface area contributed by atoms with Crippen molar-refractivity contribution in [3.63, 3.8) is 0 Å². The molecule has 1 aromatic heterocycles. The molecule has 1 aliphatic carbocycles. The number of hydrogen-bond acceptors (Lipinski definition) is 6. The van der Waals surface area contributed by atoms with Gasteiger partial charge in [0, 0.05) is 11.1 Å². The van der Waals surface area contributed by atoms with Crippen LogP contribution in [0.5, 0.6) is 5.75 Å². The molecule has 28 heavy (non-hydrogen) atoms. The summed E-state index contributed by atoms with van der Waals surface area (Å²) < 4.78 is 11.4. The molecule has 0 radical (unpaired) electrons. The summed E-state index contributed by atoms with van der Waals surface area (Å²) in [4.78, 5) is 12.2. The van der Waals surface area contributed by atoms with Crippen molar-refractivity contribution in [3.05, 3.63) is 34.1 Å². The summed E-state index contributed by atoms with van der Waals surface area (Å²) in [6.07, 6.45) is 4.14. The fourth-order valence-corrected chi connectivity index (χ4v) is 4.19. The van der Waals surface area contributed by atoms with Crippen LogP contribution in [0.25, 0.3) is 0 Å². The number of carbonyl (C=O) groups excluding carboxylic acids is 1. The molecule has 2 aromatic rings. The van der Waals surface area contributed by atoms with Crippen LogP contribution >= 0.6 is 35.0 Å². The Hall–Kier alpha value is -1.44. The lowest BCUT2D eigenvalue weighted by atomic mass is 9.86. The van der Waals surface area contributed by atoms with Gasteiger partial charge in [-0.15, -0.1) is 10.2 Å². The number of halogens is 2. The molecule has 6 nitrogen and oxygen atoms in total. The van der Waals surface area contributed by atoms with Crippen LogP contribution in [0.4, 0.5) is 0 Å². The summed E-state index contributed by atoms with van der Waals surface area (Å²) in [6.45, 7) is 3.97. The number of rotatable bonds is 7. The smallest absolute Gasteiger partial charge is 0.277 e. The van der Waals surface area contributed by atoms with Gasteiger partial charge in [-0.05, 0) is 43.9 Å². The minimum absolute atomic E-state index is 0.0132. The highest BCUT2D eigenvalue weighted by molar-refractivity contribution is 7.99. The average molecular weight is 444 g/mol. The van der Waals surface area contributed by atoms with Gasteiger partial charge in [-0.25, -0.2) is 0 Å². The van der Waals surface area contributed by atoms with Crippen molar-refractivity contribution < 1.29 is 13.9 Å². The summed E-state index contributed by atoms with van der Waals surface area (Å²) in [7, 11) is 0. The molecule has 0 bridgehead atoms. The first-order valence-electron chi connectivity index (χ1n) is 9.29. The SMILES string of the molecule is C[C@H](Oc1ccc(Cl)cc1Cl)c1nnc(SCC(=O)N[C@@H]2CCCC[C@H]2C)o1. The van der Waals surface area contributed by atoms with Gasteiger partial charge in [-0.2, -0.15) is 0 Å². The van der Waals surface area contributed by atoms with E-state index in [-0.39, 0.29) is 17.7 Å². The number of ether oxygens (including phenoxy) is 1. The Morgan fingerprint density at radius 3 is 2.89 bits per heavy atom. The topological polar surface area (TPSA) is 77.2 Å². The van der Waals surface area contributed by atoms with Gasteiger partial charge in [-0.1, -0.05) is 54.7 Å². The first-order valence-corrected chi connectivity index (χ1v) is 11.0. The molecular weight excluding hydrogens is 421 g/mol. The molecule has 0 spiro atoms. The molecule has 1 N–H and O–H groups in total. The molecule has 1 saturated carbocycles. The number of thioether (sulfide) groups is 1. The van der Waals surface area contributed by atoms with Crippen molar-refractivity contribution in [2.45, 2.75) is 56.9 Å². The minimum atomic E-state index is -0.488. The minimum Gasteiger partial charge on any atom is -0.479 e. The van der Waals surface area contributed by atoms with Crippen molar-refractivity contribution in [3.8, 4) is 5.75 Å². The van der Waals surface area contributed by atoms with E-state index in [0.29, 0.717) is 32.8 Å². The van der Waals surface area contributed by atoms with Gasteiger partial charge in [0.25, 0.3) is 11.1 Å². The summed E-state index contributed by atoms with van der Waals surface area (Å²) >= 11 is 13.2. The van der Waals surface area contributed by atoms with Crippen LogP contribution in [0.1, 0.15) is 51.5 Å². The zero-order valence-corrected chi connectivity index (χ0v) is 18.1. The van der Waals surface area contributed by atoms with Crippen LogP contribution in [0.3, 0.4) is 0 Å². The van der Waals surface area contributed by atoms with Crippen LogP contribution in [0.15, 0.2) is 27.8 Å². The number of carbonyl (C=O) groups is 1. The fraction of sp³-hybridized carbons (Fsp3) is 0.526. The Kier molecular flexibility index (Phi) is 7.48. The monoisotopic (exact) mass is 443 g/mol.